The first-order chi connectivity index (χ1) is 13.2. The number of rotatable bonds is 4. The van der Waals surface area contributed by atoms with Crippen LogP contribution in [0.4, 0.5) is 39.3 Å². The van der Waals surface area contributed by atoms with Crippen molar-refractivity contribution in [2.45, 2.75) is 6.18 Å². The van der Waals surface area contributed by atoms with Crippen LogP contribution in [0, 0.1) is 11.6 Å². The topological polar surface area (TPSA) is 66.9 Å². The van der Waals surface area contributed by atoms with Crippen LogP contribution in [-0.4, -0.2) is 15.9 Å². The second-order valence-electron chi connectivity index (χ2n) is 5.58. The first-order valence-corrected chi connectivity index (χ1v) is 7.75. The maximum atomic E-state index is 13.2. The summed E-state index contributed by atoms with van der Waals surface area (Å²) >= 11 is 0. The van der Waals surface area contributed by atoms with Gasteiger partial charge in [-0.3, -0.25) is 4.79 Å². The Labute approximate surface area is 155 Å². The fraction of sp³-hybridized carbons (Fsp3) is 0.0556. The van der Waals surface area contributed by atoms with E-state index in [4.69, 9.17) is 0 Å². The zero-order chi connectivity index (χ0) is 20.3. The van der Waals surface area contributed by atoms with Crippen molar-refractivity contribution in [3.05, 3.63) is 77.6 Å². The monoisotopic (exact) mass is 394 g/mol. The molecule has 0 saturated carbocycles. The number of hydrogen-bond acceptors (Lipinski definition) is 4. The summed E-state index contributed by atoms with van der Waals surface area (Å²) in [6.07, 6.45) is -2.08. The minimum absolute atomic E-state index is 0.0442. The summed E-state index contributed by atoms with van der Waals surface area (Å²) < 4.78 is 63.7. The van der Waals surface area contributed by atoms with E-state index in [2.05, 4.69) is 20.6 Å². The number of nitrogens with zero attached hydrogens (tertiary/aromatic N) is 2. The zero-order valence-corrected chi connectivity index (χ0v) is 13.9. The molecule has 5 nitrogen and oxygen atoms in total. The first-order valence-electron chi connectivity index (χ1n) is 7.75. The molecular formula is C18H11F5N4O. The molecule has 0 radical (unpaired) electrons. The molecule has 0 unspecified atom stereocenters. The first kappa shape index (κ1) is 19.2. The van der Waals surface area contributed by atoms with Gasteiger partial charge < -0.3 is 10.6 Å². The molecule has 0 fully saturated rings. The molecular weight excluding hydrogens is 383 g/mol. The number of nitrogens with one attached hydrogen (secondary N) is 2. The highest BCUT2D eigenvalue weighted by Gasteiger charge is 2.29. The molecule has 28 heavy (non-hydrogen) atoms. The van der Waals surface area contributed by atoms with Crippen molar-refractivity contribution in [3.8, 4) is 0 Å². The lowest BCUT2D eigenvalue weighted by Gasteiger charge is -2.09. The molecule has 0 aliphatic carbocycles. The van der Waals surface area contributed by atoms with Gasteiger partial charge in [0.25, 0.3) is 5.91 Å². The minimum atomic E-state index is -4.43. The number of anilines is 3. The van der Waals surface area contributed by atoms with Gasteiger partial charge in [0, 0.05) is 29.8 Å². The average Bonchev–Trinajstić information content (AvgIpc) is 2.65. The van der Waals surface area contributed by atoms with E-state index < -0.39 is 29.3 Å². The lowest BCUT2D eigenvalue weighted by molar-refractivity contribution is -0.137. The molecule has 10 heteroatoms. The summed E-state index contributed by atoms with van der Waals surface area (Å²) in [5, 5.41) is 5.06. The van der Waals surface area contributed by atoms with Crippen LogP contribution in [0.3, 0.4) is 0 Å². The number of carbonyl (C=O) groups excluding carboxylic acids is 1. The van der Waals surface area contributed by atoms with Crippen LogP contribution in [-0.2, 0) is 6.18 Å². The van der Waals surface area contributed by atoms with E-state index in [1.54, 1.807) is 0 Å². The average molecular weight is 394 g/mol. The highest BCUT2D eigenvalue weighted by molar-refractivity contribution is 6.03. The van der Waals surface area contributed by atoms with Crippen molar-refractivity contribution in [2.24, 2.45) is 0 Å². The standard InChI is InChI=1S/C18H11F5N4O/c19-14-6-5-13(7-15(14)20)26-16(28)10-8-24-17(25-9-10)27-12-3-1-11(2-4-12)18(21,22)23/h1-9H,(H,26,28)(H,24,25,27). The molecule has 2 N–H and O–H groups in total. The number of amides is 1. The van der Waals surface area contributed by atoms with Crippen molar-refractivity contribution < 1.29 is 26.7 Å². The number of alkyl halides is 3. The predicted octanol–water partition coefficient (Wildman–Crippen LogP) is 4.77. The Hall–Kier alpha value is -3.56. The van der Waals surface area contributed by atoms with Crippen molar-refractivity contribution in [1.82, 2.24) is 9.97 Å². The molecule has 1 aromatic heterocycles. The fourth-order valence-corrected chi connectivity index (χ4v) is 2.16. The Morgan fingerprint density at radius 1 is 0.857 bits per heavy atom. The molecule has 0 atom stereocenters. The van der Waals surface area contributed by atoms with Crippen LogP contribution in [0.25, 0.3) is 0 Å². The summed E-state index contributed by atoms with van der Waals surface area (Å²) in [5.41, 5.74) is -0.367. The smallest absolute Gasteiger partial charge is 0.324 e. The van der Waals surface area contributed by atoms with Gasteiger partial charge in [-0.15, -0.1) is 0 Å². The SMILES string of the molecule is O=C(Nc1ccc(F)c(F)c1)c1cnc(Nc2ccc(C(F)(F)F)cc2)nc1. The van der Waals surface area contributed by atoms with E-state index in [0.29, 0.717) is 5.69 Å². The molecule has 2 aromatic carbocycles. The van der Waals surface area contributed by atoms with Gasteiger partial charge in [0.15, 0.2) is 11.6 Å². The molecule has 0 spiro atoms. The second-order valence-corrected chi connectivity index (χ2v) is 5.58. The van der Waals surface area contributed by atoms with Gasteiger partial charge in [0.1, 0.15) is 0 Å². The maximum Gasteiger partial charge on any atom is 0.416 e. The predicted molar refractivity (Wildman–Crippen MR) is 91.1 cm³/mol. The Morgan fingerprint density at radius 2 is 1.46 bits per heavy atom. The second kappa shape index (κ2) is 7.59. The third-order valence-corrected chi connectivity index (χ3v) is 3.56. The lowest BCUT2D eigenvalue weighted by Crippen LogP contribution is -2.13. The molecule has 1 heterocycles. The Bertz CT molecular complexity index is 988. The number of benzene rings is 2. The molecule has 0 bridgehead atoms. The molecule has 3 rings (SSSR count). The molecule has 0 saturated heterocycles. The van der Waals surface area contributed by atoms with Gasteiger partial charge in [0.05, 0.1) is 11.1 Å². The van der Waals surface area contributed by atoms with Crippen LogP contribution < -0.4 is 10.6 Å². The number of carbonyl (C=O) groups is 1. The van der Waals surface area contributed by atoms with Crippen molar-refractivity contribution in [3.63, 3.8) is 0 Å². The third kappa shape index (κ3) is 4.58. The van der Waals surface area contributed by atoms with Gasteiger partial charge in [-0.1, -0.05) is 0 Å². The van der Waals surface area contributed by atoms with Gasteiger partial charge in [0.2, 0.25) is 5.95 Å². The van der Waals surface area contributed by atoms with Gasteiger partial charge in [-0.25, -0.2) is 18.7 Å². The van der Waals surface area contributed by atoms with E-state index >= 15 is 0 Å². The normalized spacial score (nSPS) is 11.2. The molecule has 3 aromatic rings. The molecule has 1 amide bonds. The number of aromatic nitrogens is 2. The van der Waals surface area contributed by atoms with E-state index in [-0.39, 0.29) is 17.2 Å². The van der Waals surface area contributed by atoms with Crippen LogP contribution >= 0.6 is 0 Å². The van der Waals surface area contributed by atoms with E-state index in [1.165, 1.54) is 30.6 Å². The lowest BCUT2D eigenvalue weighted by atomic mass is 10.2. The maximum absolute atomic E-state index is 13.2. The highest BCUT2D eigenvalue weighted by Crippen LogP contribution is 2.30. The largest absolute Gasteiger partial charge is 0.416 e. The minimum Gasteiger partial charge on any atom is -0.324 e. The molecule has 0 aliphatic rings. The summed E-state index contributed by atoms with van der Waals surface area (Å²) in [5.74, 6) is -2.73. The molecule has 0 aliphatic heterocycles. The van der Waals surface area contributed by atoms with Crippen LogP contribution in [0.15, 0.2) is 54.9 Å². The van der Waals surface area contributed by atoms with E-state index in [0.717, 1.165) is 24.3 Å². The Kier molecular flexibility index (Phi) is 5.21. The van der Waals surface area contributed by atoms with Gasteiger partial charge in [-0.2, -0.15) is 13.2 Å². The summed E-state index contributed by atoms with van der Waals surface area (Å²) in [6.45, 7) is 0. The van der Waals surface area contributed by atoms with Gasteiger partial charge >= 0.3 is 6.18 Å². The fourth-order valence-electron chi connectivity index (χ4n) is 2.16. The van der Waals surface area contributed by atoms with Crippen LogP contribution in [0.2, 0.25) is 0 Å². The number of hydrogen-bond donors (Lipinski definition) is 2. The quantitative estimate of drug-likeness (QED) is 0.626. The highest BCUT2D eigenvalue weighted by atomic mass is 19.4. The molecule has 144 valence electrons. The van der Waals surface area contributed by atoms with E-state index in [9.17, 15) is 26.7 Å². The van der Waals surface area contributed by atoms with Gasteiger partial charge in [-0.05, 0) is 36.4 Å². The summed E-state index contributed by atoms with van der Waals surface area (Å²) in [6, 6.07) is 7.15. The number of halogens is 5. The third-order valence-electron chi connectivity index (χ3n) is 3.56. The van der Waals surface area contributed by atoms with Crippen molar-refractivity contribution in [2.75, 3.05) is 10.6 Å². The summed E-state index contributed by atoms with van der Waals surface area (Å²) in [4.78, 5) is 19.9. The van der Waals surface area contributed by atoms with E-state index in [1.807, 2.05) is 0 Å². The van der Waals surface area contributed by atoms with Crippen LogP contribution in [0.5, 0.6) is 0 Å². The van der Waals surface area contributed by atoms with Crippen molar-refractivity contribution >= 4 is 23.2 Å². The van der Waals surface area contributed by atoms with Crippen molar-refractivity contribution in [1.29, 1.82) is 0 Å². The Balaban J connectivity index is 1.65. The van der Waals surface area contributed by atoms with Crippen LogP contribution in [0.1, 0.15) is 15.9 Å². The Morgan fingerprint density at radius 3 is 2.04 bits per heavy atom. The summed E-state index contributed by atoms with van der Waals surface area (Å²) in [7, 11) is 0. The zero-order valence-electron chi connectivity index (χ0n) is 13.9.